The van der Waals surface area contributed by atoms with E-state index in [-0.39, 0.29) is 5.56 Å². The lowest BCUT2D eigenvalue weighted by atomic mass is 10.1. The Bertz CT molecular complexity index is 441. The Hall–Kier alpha value is -2.06. The Morgan fingerprint density at radius 3 is 2.47 bits per heavy atom. The van der Waals surface area contributed by atoms with Crippen molar-refractivity contribution in [1.82, 2.24) is 9.78 Å². The Kier molecular flexibility index (Phi) is 3.39. The van der Waals surface area contributed by atoms with Crippen LogP contribution >= 0.6 is 0 Å². The second-order valence-electron chi connectivity index (χ2n) is 3.25. The molecule has 1 amide bonds. The second kappa shape index (κ2) is 4.44. The maximum absolute atomic E-state index is 12.3. The fourth-order valence-corrected chi connectivity index (χ4v) is 1.10. The highest BCUT2D eigenvalue weighted by atomic mass is 19.4. The van der Waals surface area contributed by atoms with Gasteiger partial charge in [-0.3, -0.25) is 14.3 Å². The third kappa shape index (κ3) is 3.20. The van der Waals surface area contributed by atoms with Gasteiger partial charge in [0.15, 0.2) is 5.92 Å². The molecule has 94 valence electrons. The molecule has 1 unspecified atom stereocenters. The van der Waals surface area contributed by atoms with Crippen molar-refractivity contribution < 1.29 is 27.9 Å². The van der Waals surface area contributed by atoms with E-state index in [0.717, 1.165) is 12.4 Å². The Labute approximate surface area is 92.8 Å². The van der Waals surface area contributed by atoms with E-state index in [4.69, 9.17) is 10.8 Å². The first-order valence-corrected chi connectivity index (χ1v) is 4.33. The molecule has 1 heterocycles. The van der Waals surface area contributed by atoms with Gasteiger partial charge in [0.1, 0.15) is 0 Å². The maximum Gasteiger partial charge on any atom is 0.404 e. The molecule has 1 atom stereocenters. The fraction of sp³-hybridized carbons (Fsp3) is 0.375. The van der Waals surface area contributed by atoms with Gasteiger partial charge in [0, 0.05) is 6.20 Å². The molecule has 0 spiro atoms. The number of carboxylic acids is 1. The van der Waals surface area contributed by atoms with Crippen LogP contribution in [0.5, 0.6) is 0 Å². The van der Waals surface area contributed by atoms with E-state index in [1.54, 1.807) is 0 Å². The molecule has 0 aliphatic rings. The van der Waals surface area contributed by atoms with Gasteiger partial charge in [-0.2, -0.15) is 18.3 Å². The molecule has 0 aliphatic carbocycles. The third-order valence-corrected chi connectivity index (χ3v) is 1.98. The minimum absolute atomic E-state index is 0.0867. The number of alkyl halides is 3. The first-order chi connectivity index (χ1) is 7.71. The lowest BCUT2D eigenvalue weighted by Crippen LogP contribution is -2.34. The van der Waals surface area contributed by atoms with E-state index >= 15 is 0 Å². The van der Waals surface area contributed by atoms with Crippen LogP contribution in [0.3, 0.4) is 0 Å². The van der Waals surface area contributed by atoms with Crippen LogP contribution in [0, 0.1) is 5.92 Å². The van der Waals surface area contributed by atoms with E-state index in [1.165, 1.54) is 0 Å². The number of carboxylic acid groups (broad SMARTS) is 1. The zero-order valence-electron chi connectivity index (χ0n) is 8.31. The number of aliphatic carboxylic acids is 1. The number of carbonyl (C=O) groups is 2. The first kappa shape index (κ1) is 13.0. The molecule has 3 N–H and O–H groups in total. The Morgan fingerprint density at radius 1 is 1.53 bits per heavy atom. The van der Waals surface area contributed by atoms with Gasteiger partial charge >= 0.3 is 12.1 Å². The molecule has 0 aromatic carbocycles. The molecule has 0 saturated heterocycles. The average Bonchev–Trinajstić information content (AvgIpc) is 2.59. The van der Waals surface area contributed by atoms with Gasteiger partial charge in [0.25, 0.3) is 5.91 Å². The highest BCUT2D eigenvalue weighted by Gasteiger charge is 2.45. The van der Waals surface area contributed by atoms with Crippen molar-refractivity contribution in [2.45, 2.75) is 12.7 Å². The quantitative estimate of drug-likeness (QED) is 0.801. The average molecular weight is 251 g/mol. The van der Waals surface area contributed by atoms with E-state index < -0.39 is 30.5 Å². The number of amides is 1. The zero-order valence-corrected chi connectivity index (χ0v) is 8.31. The lowest BCUT2D eigenvalue weighted by molar-refractivity contribution is -0.196. The van der Waals surface area contributed by atoms with Gasteiger partial charge in [0.05, 0.1) is 18.3 Å². The standard InChI is InChI=1S/C8H8F3N3O3/c9-8(10,11)5(7(16)17)3-14-2-4(1-13-14)6(12)15/h1-2,5H,3H2,(H2,12,15)(H,16,17). The van der Waals surface area contributed by atoms with Crippen molar-refractivity contribution >= 4 is 11.9 Å². The number of rotatable bonds is 4. The molecular formula is C8H8F3N3O3. The van der Waals surface area contributed by atoms with Gasteiger partial charge in [-0.1, -0.05) is 0 Å². The number of aromatic nitrogens is 2. The summed E-state index contributed by atoms with van der Waals surface area (Å²) in [4.78, 5) is 21.1. The van der Waals surface area contributed by atoms with Crippen molar-refractivity contribution in [2.24, 2.45) is 11.7 Å². The molecule has 1 aromatic rings. The monoisotopic (exact) mass is 251 g/mol. The molecule has 1 rings (SSSR count). The van der Waals surface area contributed by atoms with Gasteiger partial charge in [0.2, 0.25) is 0 Å². The molecule has 6 nitrogen and oxygen atoms in total. The van der Waals surface area contributed by atoms with Crippen LogP contribution in [0.4, 0.5) is 13.2 Å². The highest BCUT2D eigenvalue weighted by Crippen LogP contribution is 2.27. The van der Waals surface area contributed by atoms with Crippen LogP contribution in [-0.4, -0.2) is 32.9 Å². The summed E-state index contributed by atoms with van der Waals surface area (Å²) >= 11 is 0. The normalized spacial score (nSPS) is 13.4. The molecule has 0 saturated carbocycles. The van der Waals surface area contributed by atoms with E-state index in [1.807, 2.05) is 0 Å². The van der Waals surface area contributed by atoms with Crippen LogP contribution in [0.15, 0.2) is 12.4 Å². The number of hydrogen-bond donors (Lipinski definition) is 2. The van der Waals surface area contributed by atoms with Crippen molar-refractivity contribution in [3.63, 3.8) is 0 Å². The van der Waals surface area contributed by atoms with Gasteiger partial charge in [-0.25, -0.2) is 0 Å². The van der Waals surface area contributed by atoms with Crippen LogP contribution < -0.4 is 5.73 Å². The lowest BCUT2D eigenvalue weighted by Gasteiger charge is -2.15. The SMILES string of the molecule is NC(=O)c1cnn(CC(C(=O)O)C(F)(F)F)c1. The summed E-state index contributed by atoms with van der Waals surface area (Å²) in [6.45, 7) is -0.911. The summed E-state index contributed by atoms with van der Waals surface area (Å²) in [5.41, 5.74) is 4.79. The highest BCUT2D eigenvalue weighted by molar-refractivity contribution is 5.92. The summed E-state index contributed by atoms with van der Waals surface area (Å²) in [6.07, 6.45) is -2.95. The molecule has 0 fully saturated rings. The summed E-state index contributed by atoms with van der Waals surface area (Å²) in [7, 11) is 0. The van der Waals surface area contributed by atoms with E-state index in [2.05, 4.69) is 5.10 Å². The molecule has 1 aromatic heterocycles. The van der Waals surface area contributed by atoms with Crippen molar-refractivity contribution in [2.75, 3.05) is 0 Å². The topological polar surface area (TPSA) is 98.2 Å². The summed E-state index contributed by atoms with van der Waals surface area (Å²) in [6, 6.07) is 0. The Balaban J connectivity index is 2.87. The molecule has 9 heteroatoms. The number of carbonyl (C=O) groups excluding carboxylic acids is 1. The number of nitrogens with two attached hydrogens (primary N) is 1. The molecule has 17 heavy (non-hydrogen) atoms. The van der Waals surface area contributed by atoms with E-state index in [0.29, 0.717) is 4.68 Å². The minimum atomic E-state index is -4.88. The van der Waals surface area contributed by atoms with E-state index in [9.17, 15) is 22.8 Å². The molecule has 0 radical (unpaired) electrons. The summed E-state index contributed by atoms with van der Waals surface area (Å²) in [5.74, 6) is -5.44. The number of primary amides is 1. The third-order valence-electron chi connectivity index (χ3n) is 1.98. The molecular weight excluding hydrogens is 243 g/mol. The van der Waals surface area contributed by atoms with Crippen molar-refractivity contribution in [1.29, 1.82) is 0 Å². The van der Waals surface area contributed by atoms with Gasteiger partial charge in [-0.15, -0.1) is 0 Å². The summed E-state index contributed by atoms with van der Waals surface area (Å²) < 4.78 is 37.6. The van der Waals surface area contributed by atoms with Crippen molar-refractivity contribution in [3.8, 4) is 0 Å². The second-order valence-corrected chi connectivity index (χ2v) is 3.25. The fourth-order valence-electron chi connectivity index (χ4n) is 1.10. The predicted molar refractivity (Wildman–Crippen MR) is 47.9 cm³/mol. The van der Waals surface area contributed by atoms with Crippen molar-refractivity contribution in [3.05, 3.63) is 18.0 Å². The smallest absolute Gasteiger partial charge is 0.404 e. The predicted octanol–water partition coefficient (Wildman–Crippen LogP) is 0.245. The van der Waals surface area contributed by atoms with Crippen LogP contribution in [0.1, 0.15) is 10.4 Å². The molecule has 0 aliphatic heterocycles. The number of halogens is 3. The maximum atomic E-state index is 12.3. The van der Waals surface area contributed by atoms with Gasteiger partial charge in [-0.05, 0) is 0 Å². The van der Waals surface area contributed by atoms with Crippen LogP contribution in [0.25, 0.3) is 0 Å². The minimum Gasteiger partial charge on any atom is -0.481 e. The zero-order chi connectivity index (χ0) is 13.2. The molecule has 0 bridgehead atoms. The van der Waals surface area contributed by atoms with Crippen LogP contribution in [0.2, 0.25) is 0 Å². The largest absolute Gasteiger partial charge is 0.481 e. The number of hydrogen-bond acceptors (Lipinski definition) is 3. The van der Waals surface area contributed by atoms with Crippen LogP contribution in [-0.2, 0) is 11.3 Å². The first-order valence-electron chi connectivity index (χ1n) is 4.33. The summed E-state index contributed by atoms with van der Waals surface area (Å²) in [5, 5.41) is 11.9. The van der Waals surface area contributed by atoms with Gasteiger partial charge < -0.3 is 10.8 Å². The number of nitrogens with zero attached hydrogens (tertiary/aromatic N) is 2. The Morgan fingerprint density at radius 2 is 2.12 bits per heavy atom.